The Balaban J connectivity index is 2.29. The summed E-state index contributed by atoms with van der Waals surface area (Å²) in [5.74, 6) is -0.750. The maximum absolute atomic E-state index is 11.5. The third-order valence-corrected chi connectivity index (χ3v) is 3.35. The molecule has 2 rings (SSSR count). The molecule has 0 bridgehead atoms. The zero-order valence-corrected chi connectivity index (χ0v) is 11.0. The molecule has 1 N–H and O–H groups in total. The normalized spacial score (nSPS) is 16.5. The SMILES string of the molecule is CN(C)CC(C(=O)O)N1CCCc2ccccc21. The van der Waals surface area contributed by atoms with Crippen LogP contribution < -0.4 is 4.90 Å². The third-order valence-electron chi connectivity index (χ3n) is 3.35. The number of aliphatic carboxylic acids is 1. The Bertz CT molecular complexity index is 432. The van der Waals surface area contributed by atoms with Crippen LogP contribution in [0.5, 0.6) is 0 Å². The first-order valence-electron chi connectivity index (χ1n) is 6.31. The van der Waals surface area contributed by atoms with E-state index in [1.807, 2.05) is 42.1 Å². The molecule has 1 aromatic carbocycles. The zero-order chi connectivity index (χ0) is 13.1. The lowest BCUT2D eigenvalue weighted by molar-refractivity contribution is -0.139. The molecule has 18 heavy (non-hydrogen) atoms. The van der Waals surface area contributed by atoms with E-state index in [1.54, 1.807) is 0 Å². The predicted octanol–water partition coefficient (Wildman–Crippen LogP) is 1.45. The standard InChI is InChI=1S/C14H20N2O2/c1-15(2)10-13(14(17)18)16-9-5-7-11-6-3-4-8-12(11)16/h3-4,6,8,13H,5,7,9-10H2,1-2H3,(H,17,18). The lowest BCUT2D eigenvalue weighted by Gasteiger charge is -2.36. The number of carbonyl (C=O) groups is 1. The molecule has 1 aliphatic rings. The van der Waals surface area contributed by atoms with Gasteiger partial charge in [0.05, 0.1) is 0 Å². The predicted molar refractivity (Wildman–Crippen MR) is 72.1 cm³/mol. The van der Waals surface area contributed by atoms with Gasteiger partial charge in [0.1, 0.15) is 6.04 Å². The van der Waals surface area contributed by atoms with E-state index in [0.717, 1.165) is 25.1 Å². The number of hydrogen-bond donors (Lipinski definition) is 1. The summed E-state index contributed by atoms with van der Waals surface area (Å²) in [7, 11) is 3.82. The number of para-hydroxylation sites is 1. The van der Waals surface area contributed by atoms with Crippen LogP contribution in [0.25, 0.3) is 0 Å². The molecule has 1 atom stereocenters. The minimum absolute atomic E-state index is 0.471. The van der Waals surface area contributed by atoms with Crippen molar-refractivity contribution in [2.24, 2.45) is 0 Å². The summed E-state index contributed by atoms with van der Waals surface area (Å²) >= 11 is 0. The number of nitrogens with zero attached hydrogens (tertiary/aromatic N) is 2. The molecule has 0 saturated heterocycles. The first kappa shape index (κ1) is 12.9. The maximum Gasteiger partial charge on any atom is 0.327 e. The first-order valence-corrected chi connectivity index (χ1v) is 6.31. The highest BCUT2D eigenvalue weighted by molar-refractivity contribution is 5.79. The number of carboxylic acid groups (broad SMARTS) is 1. The van der Waals surface area contributed by atoms with Gasteiger partial charge in [0.15, 0.2) is 0 Å². The van der Waals surface area contributed by atoms with E-state index in [4.69, 9.17) is 0 Å². The number of benzene rings is 1. The zero-order valence-electron chi connectivity index (χ0n) is 11.0. The number of aryl methyl sites for hydroxylation is 1. The van der Waals surface area contributed by atoms with Crippen molar-refractivity contribution in [2.75, 3.05) is 32.1 Å². The van der Waals surface area contributed by atoms with Crippen molar-refractivity contribution in [2.45, 2.75) is 18.9 Å². The van der Waals surface area contributed by atoms with Gasteiger partial charge in [-0.1, -0.05) is 18.2 Å². The quantitative estimate of drug-likeness (QED) is 0.876. The summed E-state index contributed by atoms with van der Waals surface area (Å²) in [6.45, 7) is 1.35. The van der Waals surface area contributed by atoms with Crippen LogP contribution in [-0.4, -0.2) is 49.2 Å². The smallest absolute Gasteiger partial charge is 0.327 e. The second-order valence-corrected chi connectivity index (χ2v) is 5.04. The van der Waals surface area contributed by atoms with Gasteiger partial charge >= 0.3 is 5.97 Å². The van der Waals surface area contributed by atoms with Crippen LogP contribution in [0.1, 0.15) is 12.0 Å². The molecule has 0 amide bonds. The number of carboxylic acids is 1. The van der Waals surface area contributed by atoms with Crippen molar-refractivity contribution in [3.63, 3.8) is 0 Å². The summed E-state index contributed by atoms with van der Waals surface area (Å²) in [4.78, 5) is 15.4. The van der Waals surface area contributed by atoms with Crippen molar-refractivity contribution in [3.8, 4) is 0 Å². The minimum atomic E-state index is -0.750. The molecule has 1 unspecified atom stereocenters. The maximum atomic E-state index is 11.5. The molecule has 0 fully saturated rings. The molecule has 0 radical (unpaired) electrons. The Kier molecular flexibility index (Phi) is 3.87. The summed E-state index contributed by atoms with van der Waals surface area (Å²) in [5.41, 5.74) is 2.34. The Labute approximate surface area is 108 Å². The van der Waals surface area contributed by atoms with Gasteiger partial charge < -0.3 is 14.9 Å². The van der Waals surface area contributed by atoms with Crippen molar-refractivity contribution < 1.29 is 9.90 Å². The van der Waals surface area contributed by atoms with Gasteiger partial charge in [-0.25, -0.2) is 4.79 Å². The van der Waals surface area contributed by atoms with E-state index in [9.17, 15) is 9.90 Å². The average molecular weight is 248 g/mol. The Morgan fingerprint density at radius 3 is 2.83 bits per heavy atom. The molecular weight excluding hydrogens is 228 g/mol. The Morgan fingerprint density at radius 1 is 1.44 bits per heavy atom. The lowest BCUT2D eigenvalue weighted by atomic mass is 10.00. The molecule has 0 aromatic heterocycles. The van der Waals surface area contributed by atoms with Crippen molar-refractivity contribution in [1.82, 2.24) is 4.90 Å². The van der Waals surface area contributed by atoms with Crippen LogP contribution in [0.2, 0.25) is 0 Å². The van der Waals surface area contributed by atoms with E-state index in [0.29, 0.717) is 6.54 Å². The number of likely N-dealkylation sites (N-methyl/N-ethyl adjacent to an activating group) is 1. The molecule has 0 aliphatic carbocycles. The second kappa shape index (κ2) is 5.40. The summed E-state index contributed by atoms with van der Waals surface area (Å²) < 4.78 is 0. The second-order valence-electron chi connectivity index (χ2n) is 5.04. The summed E-state index contributed by atoms with van der Waals surface area (Å²) in [6.07, 6.45) is 2.06. The van der Waals surface area contributed by atoms with E-state index in [-0.39, 0.29) is 0 Å². The van der Waals surface area contributed by atoms with Gasteiger partial charge in [-0.3, -0.25) is 0 Å². The highest BCUT2D eigenvalue weighted by Crippen LogP contribution is 2.28. The molecule has 0 spiro atoms. The number of fused-ring (bicyclic) bond motifs is 1. The molecule has 1 aliphatic heterocycles. The molecule has 4 nitrogen and oxygen atoms in total. The third kappa shape index (κ3) is 2.64. The highest BCUT2D eigenvalue weighted by Gasteiger charge is 2.29. The fraction of sp³-hybridized carbons (Fsp3) is 0.500. The van der Waals surface area contributed by atoms with E-state index in [1.165, 1.54) is 5.56 Å². The van der Waals surface area contributed by atoms with E-state index >= 15 is 0 Å². The largest absolute Gasteiger partial charge is 0.480 e. The number of anilines is 1. The van der Waals surface area contributed by atoms with Crippen LogP contribution in [0, 0.1) is 0 Å². The Morgan fingerprint density at radius 2 is 2.17 bits per heavy atom. The van der Waals surface area contributed by atoms with Crippen LogP contribution >= 0.6 is 0 Å². The fourth-order valence-corrected chi connectivity index (χ4v) is 2.54. The molecule has 98 valence electrons. The molecular formula is C14H20N2O2. The fourth-order valence-electron chi connectivity index (χ4n) is 2.54. The van der Waals surface area contributed by atoms with Gasteiger partial charge in [0, 0.05) is 18.8 Å². The van der Waals surface area contributed by atoms with Crippen LogP contribution in [0.15, 0.2) is 24.3 Å². The van der Waals surface area contributed by atoms with Gasteiger partial charge in [-0.15, -0.1) is 0 Å². The molecule has 1 heterocycles. The minimum Gasteiger partial charge on any atom is -0.480 e. The molecule has 1 aromatic rings. The number of hydrogen-bond acceptors (Lipinski definition) is 3. The molecule has 0 saturated carbocycles. The van der Waals surface area contributed by atoms with Gasteiger partial charge in [0.25, 0.3) is 0 Å². The topological polar surface area (TPSA) is 43.8 Å². The van der Waals surface area contributed by atoms with Crippen molar-refractivity contribution >= 4 is 11.7 Å². The van der Waals surface area contributed by atoms with E-state index < -0.39 is 12.0 Å². The summed E-state index contributed by atoms with van der Waals surface area (Å²) in [5, 5.41) is 9.43. The van der Waals surface area contributed by atoms with Crippen LogP contribution in [-0.2, 0) is 11.2 Å². The number of rotatable bonds is 4. The van der Waals surface area contributed by atoms with Gasteiger partial charge in [-0.05, 0) is 38.6 Å². The highest BCUT2D eigenvalue weighted by atomic mass is 16.4. The monoisotopic (exact) mass is 248 g/mol. The van der Waals surface area contributed by atoms with E-state index in [2.05, 4.69) is 6.07 Å². The van der Waals surface area contributed by atoms with Crippen molar-refractivity contribution in [1.29, 1.82) is 0 Å². The van der Waals surface area contributed by atoms with Gasteiger partial charge in [0.2, 0.25) is 0 Å². The first-order chi connectivity index (χ1) is 8.59. The average Bonchev–Trinajstić information content (AvgIpc) is 2.35. The van der Waals surface area contributed by atoms with Gasteiger partial charge in [-0.2, -0.15) is 0 Å². The van der Waals surface area contributed by atoms with Crippen LogP contribution in [0.3, 0.4) is 0 Å². The van der Waals surface area contributed by atoms with Crippen LogP contribution in [0.4, 0.5) is 5.69 Å². The lowest BCUT2D eigenvalue weighted by Crippen LogP contribution is -2.49. The molecule has 4 heteroatoms. The Hall–Kier alpha value is -1.55. The van der Waals surface area contributed by atoms with Crippen molar-refractivity contribution in [3.05, 3.63) is 29.8 Å². The summed E-state index contributed by atoms with van der Waals surface area (Å²) in [6, 6.07) is 7.65.